The molecule has 1 amide bonds. The van der Waals surface area contributed by atoms with Gasteiger partial charge in [-0.2, -0.15) is 0 Å². The number of hydrogen-bond donors (Lipinski definition) is 3. The second-order valence-electron chi connectivity index (χ2n) is 6.30. The number of hydrogen-bond acceptors (Lipinski definition) is 5. The van der Waals surface area contributed by atoms with Gasteiger partial charge in [0.2, 0.25) is 11.8 Å². The number of carbonyl (C=O) groups is 1. The van der Waals surface area contributed by atoms with E-state index in [4.69, 9.17) is 4.42 Å². The number of fused-ring (bicyclic) bond motifs is 1. The van der Waals surface area contributed by atoms with Crippen molar-refractivity contribution < 1.29 is 9.21 Å². The summed E-state index contributed by atoms with van der Waals surface area (Å²) in [5.74, 6) is 0.129. The van der Waals surface area contributed by atoms with Crippen molar-refractivity contribution in [1.29, 1.82) is 0 Å². The second kappa shape index (κ2) is 6.99. The van der Waals surface area contributed by atoms with Crippen LogP contribution in [0.5, 0.6) is 0 Å². The van der Waals surface area contributed by atoms with Crippen molar-refractivity contribution in [3.05, 3.63) is 80.6 Å². The average molecular weight is 376 g/mol. The number of carbonyl (C=O) groups excluding carboxylic acids is 1. The van der Waals surface area contributed by atoms with Crippen LogP contribution in [-0.2, 0) is 11.2 Å². The summed E-state index contributed by atoms with van der Waals surface area (Å²) in [6, 6.07) is 14.5. The highest BCUT2D eigenvalue weighted by molar-refractivity contribution is 5.92. The summed E-state index contributed by atoms with van der Waals surface area (Å²) in [5.41, 5.74) is 2.26. The molecule has 28 heavy (non-hydrogen) atoms. The number of aryl methyl sites for hydroxylation is 1. The predicted molar refractivity (Wildman–Crippen MR) is 104 cm³/mol. The quantitative estimate of drug-likeness (QED) is 0.505. The lowest BCUT2D eigenvalue weighted by atomic mass is 10.1. The van der Waals surface area contributed by atoms with Crippen LogP contribution in [-0.4, -0.2) is 20.9 Å². The SMILES string of the molecule is Cc1[nH]c(=O)[nH]c(=O)c1CC(=O)Nc1ccc(-c2nc3ccccc3o2)cc1. The van der Waals surface area contributed by atoms with Gasteiger partial charge in [0.15, 0.2) is 5.58 Å². The number of H-pyrrole nitrogens is 2. The van der Waals surface area contributed by atoms with E-state index in [-0.39, 0.29) is 17.9 Å². The Morgan fingerprint density at radius 1 is 1.07 bits per heavy atom. The number of aromatic nitrogens is 3. The van der Waals surface area contributed by atoms with Gasteiger partial charge in [0.25, 0.3) is 5.56 Å². The molecule has 0 aliphatic rings. The Bertz CT molecular complexity index is 1250. The zero-order chi connectivity index (χ0) is 19.7. The van der Waals surface area contributed by atoms with Crippen molar-refractivity contribution in [3.63, 3.8) is 0 Å². The molecule has 4 rings (SSSR count). The first-order valence-corrected chi connectivity index (χ1v) is 8.57. The van der Waals surface area contributed by atoms with Gasteiger partial charge < -0.3 is 14.7 Å². The fraction of sp³-hybridized carbons (Fsp3) is 0.100. The van der Waals surface area contributed by atoms with E-state index >= 15 is 0 Å². The molecule has 2 aromatic carbocycles. The van der Waals surface area contributed by atoms with E-state index < -0.39 is 11.2 Å². The molecule has 140 valence electrons. The third-order valence-corrected chi connectivity index (χ3v) is 4.30. The Hall–Kier alpha value is -3.94. The van der Waals surface area contributed by atoms with Crippen LogP contribution in [0.1, 0.15) is 11.3 Å². The maximum absolute atomic E-state index is 12.3. The highest BCUT2D eigenvalue weighted by atomic mass is 16.3. The van der Waals surface area contributed by atoms with E-state index in [9.17, 15) is 14.4 Å². The number of rotatable bonds is 4. The zero-order valence-electron chi connectivity index (χ0n) is 14.9. The molecule has 0 bridgehead atoms. The lowest BCUT2D eigenvalue weighted by molar-refractivity contribution is -0.115. The van der Waals surface area contributed by atoms with Crippen molar-refractivity contribution >= 4 is 22.7 Å². The number of benzene rings is 2. The third-order valence-electron chi connectivity index (χ3n) is 4.30. The molecular formula is C20H16N4O4. The van der Waals surface area contributed by atoms with Gasteiger partial charge in [0.1, 0.15) is 5.52 Å². The smallest absolute Gasteiger partial charge is 0.325 e. The summed E-state index contributed by atoms with van der Waals surface area (Å²) >= 11 is 0. The first kappa shape index (κ1) is 17.5. The Balaban J connectivity index is 1.49. The molecule has 0 aliphatic heterocycles. The predicted octanol–water partition coefficient (Wildman–Crippen LogP) is 2.36. The van der Waals surface area contributed by atoms with Gasteiger partial charge in [-0.05, 0) is 43.3 Å². The van der Waals surface area contributed by atoms with Crippen molar-refractivity contribution in [2.45, 2.75) is 13.3 Å². The summed E-state index contributed by atoms with van der Waals surface area (Å²) in [6.07, 6.45) is -0.148. The molecule has 0 radical (unpaired) electrons. The van der Waals surface area contributed by atoms with E-state index in [1.165, 1.54) is 0 Å². The van der Waals surface area contributed by atoms with Crippen LogP contribution in [0, 0.1) is 6.92 Å². The van der Waals surface area contributed by atoms with Crippen molar-refractivity contribution in [1.82, 2.24) is 15.0 Å². The van der Waals surface area contributed by atoms with Crippen LogP contribution in [0.2, 0.25) is 0 Å². The van der Waals surface area contributed by atoms with E-state index in [0.717, 1.165) is 11.1 Å². The van der Waals surface area contributed by atoms with Gasteiger partial charge in [-0.25, -0.2) is 9.78 Å². The monoisotopic (exact) mass is 376 g/mol. The number of aromatic amines is 2. The Morgan fingerprint density at radius 2 is 1.82 bits per heavy atom. The molecular weight excluding hydrogens is 360 g/mol. The largest absolute Gasteiger partial charge is 0.436 e. The first-order valence-electron chi connectivity index (χ1n) is 8.57. The number of nitrogens with zero attached hydrogens (tertiary/aromatic N) is 1. The van der Waals surface area contributed by atoms with Crippen molar-refractivity contribution in [2.24, 2.45) is 0 Å². The van der Waals surface area contributed by atoms with E-state index in [0.29, 0.717) is 22.9 Å². The normalized spacial score (nSPS) is 10.9. The number of anilines is 1. The fourth-order valence-electron chi connectivity index (χ4n) is 2.90. The first-order chi connectivity index (χ1) is 13.5. The standard InChI is InChI=1S/C20H16N4O4/c1-11-14(18(26)24-20(27)21-11)10-17(25)22-13-8-6-12(7-9-13)19-23-15-4-2-3-5-16(15)28-19/h2-9H,10H2,1H3,(H,22,25)(H2,21,24,26,27). The summed E-state index contributed by atoms with van der Waals surface area (Å²) in [7, 11) is 0. The minimum atomic E-state index is -0.596. The molecule has 8 heteroatoms. The summed E-state index contributed by atoms with van der Waals surface area (Å²) in [6.45, 7) is 1.58. The maximum atomic E-state index is 12.3. The van der Waals surface area contributed by atoms with Crippen LogP contribution in [0.3, 0.4) is 0 Å². The van der Waals surface area contributed by atoms with Gasteiger partial charge in [-0.3, -0.25) is 14.6 Å². The molecule has 2 aromatic heterocycles. The maximum Gasteiger partial charge on any atom is 0.325 e. The summed E-state index contributed by atoms with van der Waals surface area (Å²) in [5, 5.41) is 2.73. The number of para-hydroxylation sites is 2. The summed E-state index contributed by atoms with van der Waals surface area (Å²) in [4.78, 5) is 44.4. The minimum absolute atomic E-state index is 0.148. The lowest BCUT2D eigenvalue weighted by Gasteiger charge is -2.07. The zero-order valence-corrected chi connectivity index (χ0v) is 14.9. The third kappa shape index (κ3) is 3.48. The molecule has 0 unspecified atom stereocenters. The molecule has 4 aromatic rings. The molecule has 0 spiro atoms. The molecule has 0 aliphatic carbocycles. The molecule has 0 saturated heterocycles. The lowest BCUT2D eigenvalue weighted by Crippen LogP contribution is -2.29. The highest BCUT2D eigenvalue weighted by Gasteiger charge is 2.12. The van der Waals surface area contributed by atoms with Crippen LogP contribution < -0.4 is 16.6 Å². The van der Waals surface area contributed by atoms with E-state index in [1.54, 1.807) is 31.2 Å². The van der Waals surface area contributed by atoms with E-state index in [1.807, 2.05) is 24.3 Å². The van der Waals surface area contributed by atoms with Gasteiger partial charge >= 0.3 is 5.69 Å². The average Bonchev–Trinajstić information content (AvgIpc) is 3.09. The molecule has 0 atom stereocenters. The molecule has 2 heterocycles. The minimum Gasteiger partial charge on any atom is -0.436 e. The molecule has 8 nitrogen and oxygen atoms in total. The van der Waals surface area contributed by atoms with Crippen molar-refractivity contribution in [2.75, 3.05) is 5.32 Å². The van der Waals surface area contributed by atoms with Gasteiger partial charge in [0.05, 0.1) is 6.42 Å². The molecule has 0 saturated carbocycles. The van der Waals surface area contributed by atoms with Crippen molar-refractivity contribution in [3.8, 4) is 11.5 Å². The topological polar surface area (TPSA) is 121 Å². The highest BCUT2D eigenvalue weighted by Crippen LogP contribution is 2.25. The van der Waals surface area contributed by atoms with Crippen LogP contribution in [0.25, 0.3) is 22.6 Å². The summed E-state index contributed by atoms with van der Waals surface area (Å²) < 4.78 is 5.72. The van der Waals surface area contributed by atoms with E-state index in [2.05, 4.69) is 20.3 Å². The van der Waals surface area contributed by atoms with Crippen LogP contribution >= 0.6 is 0 Å². The van der Waals surface area contributed by atoms with Crippen LogP contribution in [0.4, 0.5) is 5.69 Å². The Labute approximate surface area is 158 Å². The Kier molecular flexibility index (Phi) is 4.36. The molecule has 0 fully saturated rings. The number of nitrogens with one attached hydrogen (secondary N) is 3. The number of amides is 1. The van der Waals surface area contributed by atoms with Gasteiger partial charge in [-0.1, -0.05) is 12.1 Å². The van der Waals surface area contributed by atoms with Crippen LogP contribution in [0.15, 0.2) is 62.5 Å². The van der Waals surface area contributed by atoms with Gasteiger partial charge in [-0.15, -0.1) is 0 Å². The fourth-order valence-corrected chi connectivity index (χ4v) is 2.90. The Morgan fingerprint density at radius 3 is 2.54 bits per heavy atom. The molecule has 3 N–H and O–H groups in total. The van der Waals surface area contributed by atoms with Gasteiger partial charge in [0, 0.05) is 22.5 Å². The number of oxazole rings is 1. The second-order valence-corrected chi connectivity index (χ2v) is 6.30.